The highest BCUT2D eigenvalue weighted by Crippen LogP contribution is 2.29. The van der Waals surface area contributed by atoms with Crippen LogP contribution < -0.4 is 5.32 Å². The van der Waals surface area contributed by atoms with Crippen LogP contribution in [0.15, 0.2) is 24.3 Å². The molecule has 2 rings (SSSR count). The van der Waals surface area contributed by atoms with Crippen LogP contribution in [-0.2, 0) is 11.0 Å². The molecule has 2 amide bonds. The molecule has 1 saturated heterocycles. The first-order chi connectivity index (χ1) is 12.3. The Labute approximate surface area is 151 Å². The zero-order chi connectivity index (χ0) is 19.3. The molecule has 1 N–H and O–H groups in total. The topological polar surface area (TPSA) is 49.4 Å². The summed E-state index contributed by atoms with van der Waals surface area (Å²) in [6.07, 6.45) is -1.51. The first-order valence-corrected chi connectivity index (χ1v) is 9.03. The van der Waals surface area contributed by atoms with E-state index in [1.807, 2.05) is 13.8 Å². The molecule has 1 fully saturated rings. The number of likely N-dealkylation sites (tertiary alicyclic amines) is 1. The molecule has 144 valence electrons. The van der Waals surface area contributed by atoms with Crippen molar-refractivity contribution in [1.82, 2.24) is 10.2 Å². The number of nitrogens with zero attached hydrogens (tertiary/aromatic N) is 1. The lowest BCUT2D eigenvalue weighted by molar-refractivity contribution is -0.137. The fourth-order valence-electron chi connectivity index (χ4n) is 3.14. The van der Waals surface area contributed by atoms with E-state index in [2.05, 4.69) is 5.32 Å². The average molecular weight is 370 g/mol. The maximum Gasteiger partial charge on any atom is 0.416 e. The van der Waals surface area contributed by atoms with Crippen molar-refractivity contribution in [2.75, 3.05) is 13.1 Å². The molecule has 0 atom stereocenters. The van der Waals surface area contributed by atoms with Crippen molar-refractivity contribution in [3.8, 4) is 0 Å². The van der Waals surface area contributed by atoms with Crippen molar-refractivity contribution in [3.63, 3.8) is 0 Å². The van der Waals surface area contributed by atoms with Gasteiger partial charge in [-0.15, -0.1) is 0 Å². The third kappa shape index (κ3) is 4.99. The Morgan fingerprint density at radius 1 is 1.12 bits per heavy atom. The van der Waals surface area contributed by atoms with E-state index in [0.717, 1.165) is 25.0 Å². The minimum Gasteiger partial charge on any atom is -0.353 e. The van der Waals surface area contributed by atoms with Gasteiger partial charge >= 0.3 is 6.18 Å². The molecule has 0 aliphatic carbocycles. The van der Waals surface area contributed by atoms with Gasteiger partial charge in [-0.1, -0.05) is 13.8 Å². The molecule has 4 nitrogen and oxygen atoms in total. The molecular weight excluding hydrogens is 345 g/mol. The smallest absolute Gasteiger partial charge is 0.353 e. The van der Waals surface area contributed by atoms with Crippen LogP contribution in [0, 0.1) is 5.92 Å². The normalized spacial score (nSPS) is 16.0. The van der Waals surface area contributed by atoms with Gasteiger partial charge in [-0.2, -0.15) is 13.2 Å². The second-order valence-corrected chi connectivity index (χ2v) is 6.66. The van der Waals surface area contributed by atoms with Gasteiger partial charge in [0, 0.05) is 30.6 Å². The Hall–Kier alpha value is -2.05. The van der Waals surface area contributed by atoms with Crippen LogP contribution in [0.25, 0.3) is 0 Å². The maximum absolute atomic E-state index is 12.6. The quantitative estimate of drug-likeness (QED) is 0.856. The first kappa shape index (κ1) is 20.3. The lowest BCUT2D eigenvalue weighted by Gasteiger charge is -2.32. The van der Waals surface area contributed by atoms with Crippen LogP contribution in [0.1, 0.15) is 55.5 Å². The van der Waals surface area contributed by atoms with Gasteiger partial charge in [-0.05, 0) is 49.9 Å². The molecule has 0 aromatic heterocycles. The molecule has 0 radical (unpaired) electrons. The van der Waals surface area contributed by atoms with Gasteiger partial charge in [0.25, 0.3) is 5.91 Å². The van der Waals surface area contributed by atoms with Gasteiger partial charge < -0.3 is 10.2 Å². The van der Waals surface area contributed by atoms with E-state index >= 15 is 0 Å². The molecule has 0 spiro atoms. The Balaban J connectivity index is 1.91. The molecule has 1 aromatic carbocycles. The average Bonchev–Trinajstić information content (AvgIpc) is 2.64. The molecule has 0 bridgehead atoms. The summed E-state index contributed by atoms with van der Waals surface area (Å²) >= 11 is 0. The van der Waals surface area contributed by atoms with E-state index < -0.39 is 11.7 Å². The van der Waals surface area contributed by atoms with Crippen LogP contribution in [0.4, 0.5) is 13.2 Å². The number of hydrogen-bond donors (Lipinski definition) is 1. The molecule has 1 heterocycles. The second-order valence-electron chi connectivity index (χ2n) is 6.66. The van der Waals surface area contributed by atoms with E-state index in [0.29, 0.717) is 25.9 Å². The molecule has 0 saturated carbocycles. The molecule has 1 aromatic rings. The molecular formula is C19H25F3N2O2. The van der Waals surface area contributed by atoms with Crippen molar-refractivity contribution in [3.05, 3.63) is 35.4 Å². The van der Waals surface area contributed by atoms with Crippen molar-refractivity contribution >= 4 is 11.8 Å². The zero-order valence-electron chi connectivity index (χ0n) is 15.1. The van der Waals surface area contributed by atoms with Gasteiger partial charge in [0.1, 0.15) is 0 Å². The highest BCUT2D eigenvalue weighted by atomic mass is 19.4. The molecule has 1 aliphatic heterocycles. The maximum atomic E-state index is 12.6. The lowest BCUT2D eigenvalue weighted by atomic mass is 9.94. The van der Waals surface area contributed by atoms with E-state index in [1.54, 1.807) is 4.90 Å². The minimum absolute atomic E-state index is 0.0281. The predicted octanol–water partition coefficient (Wildman–Crippen LogP) is 3.86. The van der Waals surface area contributed by atoms with Crippen molar-refractivity contribution < 1.29 is 22.8 Å². The van der Waals surface area contributed by atoms with Crippen molar-refractivity contribution in [2.45, 2.75) is 51.7 Å². The number of carbonyl (C=O) groups excluding carboxylic acids is 2. The van der Waals surface area contributed by atoms with E-state index in [-0.39, 0.29) is 29.3 Å². The van der Waals surface area contributed by atoms with E-state index in [1.165, 1.54) is 12.1 Å². The van der Waals surface area contributed by atoms with E-state index in [9.17, 15) is 22.8 Å². The number of halogens is 3. The molecule has 26 heavy (non-hydrogen) atoms. The van der Waals surface area contributed by atoms with E-state index in [4.69, 9.17) is 0 Å². The third-order valence-corrected chi connectivity index (χ3v) is 4.94. The number of rotatable bonds is 5. The fraction of sp³-hybridized carbons (Fsp3) is 0.579. The number of hydrogen-bond acceptors (Lipinski definition) is 2. The van der Waals surface area contributed by atoms with Gasteiger partial charge in [0.2, 0.25) is 5.91 Å². The monoisotopic (exact) mass is 370 g/mol. The Bertz CT molecular complexity index is 617. The highest BCUT2D eigenvalue weighted by Gasteiger charge is 2.31. The predicted molar refractivity (Wildman–Crippen MR) is 92.6 cm³/mol. The third-order valence-electron chi connectivity index (χ3n) is 4.94. The summed E-state index contributed by atoms with van der Waals surface area (Å²) < 4.78 is 37.8. The molecule has 1 aliphatic rings. The number of piperidine rings is 1. The summed E-state index contributed by atoms with van der Waals surface area (Å²) in [5.74, 6) is -0.384. The lowest BCUT2D eigenvalue weighted by Crippen LogP contribution is -2.45. The fourth-order valence-corrected chi connectivity index (χ4v) is 3.14. The Morgan fingerprint density at radius 2 is 1.65 bits per heavy atom. The number of carbonyl (C=O) groups is 2. The Morgan fingerprint density at radius 3 is 2.12 bits per heavy atom. The summed E-state index contributed by atoms with van der Waals surface area (Å²) in [6, 6.07) is 4.43. The van der Waals surface area contributed by atoms with Gasteiger partial charge in [0.05, 0.1) is 5.56 Å². The molecule has 7 heteroatoms. The summed E-state index contributed by atoms with van der Waals surface area (Å²) in [5, 5.41) is 3.03. The summed E-state index contributed by atoms with van der Waals surface area (Å²) in [4.78, 5) is 26.3. The summed E-state index contributed by atoms with van der Waals surface area (Å²) in [5.41, 5.74) is -0.538. The number of amides is 2. The number of nitrogens with one attached hydrogen (secondary N) is 1. The molecule has 0 unspecified atom stereocenters. The highest BCUT2D eigenvalue weighted by molar-refractivity contribution is 5.94. The van der Waals surface area contributed by atoms with Crippen molar-refractivity contribution in [1.29, 1.82) is 0 Å². The van der Waals surface area contributed by atoms with Crippen LogP contribution >= 0.6 is 0 Å². The second kappa shape index (κ2) is 8.56. The summed E-state index contributed by atoms with van der Waals surface area (Å²) in [7, 11) is 0. The minimum atomic E-state index is -4.41. The van der Waals surface area contributed by atoms with Crippen LogP contribution in [0.3, 0.4) is 0 Å². The summed E-state index contributed by atoms with van der Waals surface area (Å²) in [6.45, 7) is 4.92. The van der Waals surface area contributed by atoms with Gasteiger partial charge in [0.15, 0.2) is 0 Å². The first-order valence-electron chi connectivity index (χ1n) is 9.03. The standard InChI is InChI=1S/C19H25F3N2O2/c1-3-16(4-2)23-17(25)13-9-11-24(12-10-13)18(26)14-5-7-15(8-6-14)19(20,21)22/h5-8,13,16H,3-4,9-12H2,1-2H3,(H,23,25). The largest absolute Gasteiger partial charge is 0.416 e. The van der Waals surface area contributed by atoms with Crippen LogP contribution in [-0.4, -0.2) is 35.8 Å². The van der Waals surface area contributed by atoms with Crippen molar-refractivity contribution in [2.24, 2.45) is 5.92 Å². The zero-order valence-corrected chi connectivity index (χ0v) is 15.1. The van der Waals surface area contributed by atoms with Gasteiger partial charge in [-0.3, -0.25) is 9.59 Å². The number of alkyl halides is 3. The Kier molecular flexibility index (Phi) is 6.67. The SMILES string of the molecule is CCC(CC)NC(=O)C1CCN(C(=O)c2ccc(C(F)(F)F)cc2)CC1. The van der Waals surface area contributed by atoms with Crippen LogP contribution in [0.5, 0.6) is 0 Å². The van der Waals surface area contributed by atoms with Crippen LogP contribution in [0.2, 0.25) is 0 Å². The van der Waals surface area contributed by atoms with Gasteiger partial charge in [-0.25, -0.2) is 0 Å². The number of benzene rings is 1.